The Bertz CT molecular complexity index is 433. The largest absolute Gasteiger partial charge is 0.375 e. The molecule has 1 aliphatic rings. The van der Waals surface area contributed by atoms with Gasteiger partial charge in [-0.05, 0) is 48.1 Å². The molecule has 1 heterocycles. The molecule has 2 rings (SSSR count). The van der Waals surface area contributed by atoms with Crippen LogP contribution in [0.25, 0.3) is 0 Å². The summed E-state index contributed by atoms with van der Waals surface area (Å²) in [7, 11) is 0. The van der Waals surface area contributed by atoms with Crippen LogP contribution in [-0.4, -0.2) is 36.6 Å². The molecular weight excluding hydrogens is 329 g/mol. The number of hydrogen-bond acceptors (Lipinski definition) is 2. The molecule has 1 saturated heterocycles. The van der Waals surface area contributed by atoms with Crippen LogP contribution in [0.2, 0.25) is 0 Å². The number of carbonyl (C=O) groups is 1. The lowest BCUT2D eigenvalue weighted by molar-refractivity contribution is -0.0124. The predicted molar refractivity (Wildman–Crippen MR) is 75.2 cm³/mol. The van der Waals surface area contributed by atoms with Crippen LogP contribution in [0, 0.1) is 10.5 Å². The third kappa shape index (κ3) is 2.80. The summed E-state index contributed by atoms with van der Waals surface area (Å²) in [5.41, 5.74) is 1.96. The molecule has 0 spiro atoms. The van der Waals surface area contributed by atoms with Gasteiger partial charge in [-0.25, -0.2) is 0 Å². The van der Waals surface area contributed by atoms with E-state index in [-0.39, 0.29) is 12.0 Å². The molecule has 1 atom stereocenters. The van der Waals surface area contributed by atoms with Gasteiger partial charge in [0.25, 0.3) is 5.91 Å². The second-order valence-electron chi connectivity index (χ2n) is 4.37. The summed E-state index contributed by atoms with van der Waals surface area (Å²) >= 11 is 2.24. The number of aryl methyl sites for hydroxylation is 1. The Morgan fingerprint density at radius 3 is 3.00 bits per heavy atom. The van der Waals surface area contributed by atoms with E-state index in [0.717, 1.165) is 14.7 Å². The van der Waals surface area contributed by atoms with Gasteiger partial charge >= 0.3 is 0 Å². The molecule has 92 valence electrons. The first kappa shape index (κ1) is 12.8. The second-order valence-corrected chi connectivity index (χ2v) is 5.45. The number of nitrogens with zero attached hydrogens (tertiary/aromatic N) is 1. The van der Waals surface area contributed by atoms with Gasteiger partial charge in [-0.15, -0.1) is 0 Å². The second kappa shape index (κ2) is 5.35. The van der Waals surface area contributed by atoms with Crippen LogP contribution in [0.5, 0.6) is 0 Å². The quantitative estimate of drug-likeness (QED) is 0.732. The summed E-state index contributed by atoms with van der Waals surface area (Å²) in [6.45, 7) is 6.03. The molecule has 4 heteroatoms. The number of rotatable bonds is 1. The fourth-order valence-corrected chi connectivity index (χ4v) is 2.58. The Morgan fingerprint density at radius 2 is 2.29 bits per heavy atom. The van der Waals surface area contributed by atoms with E-state index in [9.17, 15) is 4.79 Å². The van der Waals surface area contributed by atoms with Crippen molar-refractivity contribution in [3.8, 4) is 0 Å². The highest BCUT2D eigenvalue weighted by Crippen LogP contribution is 2.19. The Labute approximate surface area is 115 Å². The Kier molecular flexibility index (Phi) is 4.04. The van der Waals surface area contributed by atoms with Gasteiger partial charge in [0, 0.05) is 16.7 Å². The predicted octanol–water partition coefficient (Wildman–Crippen LogP) is 2.46. The highest BCUT2D eigenvalue weighted by molar-refractivity contribution is 14.1. The molecule has 0 unspecified atom stereocenters. The summed E-state index contributed by atoms with van der Waals surface area (Å²) in [6.07, 6.45) is 0.134. The van der Waals surface area contributed by atoms with Crippen LogP contribution in [0.15, 0.2) is 18.2 Å². The first-order valence-electron chi connectivity index (χ1n) is 5.75. The molecule has 0 radical (unpaired) electrons. The number of halogens is 1. The van der Waals surface area contributed by atoms with Gasteiger partial charge in [0.1, 0.15) is 0 Å². The molecule has 17 heavy (non-hydrogen) atoms. The van der Waals surface area contributed by atoms with E-state index in [0.29, 0.717) is 19.7 Å². The summed E-state index contributed by atoms with van der Waals surface area (Å²) in [4.78, 5) is 14.3. The molecule has 0 aliphatic carbocycles. The zero-order valence-corrected chi connectivity index (χ0v) is 12.2. The van der Waals surface area contributed by atoms with Crippen LogP contribution < -0.4 is 0 Å². The smallest absolute Gasteiger partial charge is 0.255 e. The maximum atomic E-state index is 12.4. The first-order chi connectivity index (χ1) is 8.09. The third-order valence-electron chi connectivity index (χ3n) is 2.95. The number of hydrogen-bond donors (Lipinski definition) is 0. The molecule has 0 aromatic heterocycles. The lowest BCUT2D eigenvalue weighted by Crippen LogP contribution is -2.44. The van der Waals surface area contributed by atoms with Crippen molar-refractivity contribution in [2.24, 2.45) is 0 Å². The van der Waals surface area contributed by atoms with Gasteiger partial charge < -0.3 is 9.64 Å². The fraction of sp³-hybridized carbons (Fsp3) is 0.462. The molecule has 1 aromatic carbocycles. The van der Waals surface area contributed by atoms with E-state index in [1.54, 1.807) is 0 Å². The minimum Gasteiger partial charge on any atom is -0.375 e. The fourth-order valence-electron chi connectivity index (χ4n) is 1.99. The van der Waals surface area contributed by atoms with Crippen molar-refractivity contribution in [1.82, 2.24) is 4.90 Å². The maximum absolute atomic E-state index is 12.4. The number of morpholine rings is 1. The summed E-state index contributed by atoms with van der Waals surface area (Å²) < 4.78 is 6.50. The van der Waals surface area contributed by atoms with Crippen molar-refractivity contribution in [2.45, 2.75) is 20.0 Å². The van der Waals surface area contributed by atoms with E-state index in [2.05, 4.69) is 22.6 Å². The number of ether oxygens (including phenoxy) is 1. The third-order valence-corrected chi connectivity index (χ3v) is 4.38. The average molecular weight is 345 g/mol. The lowest BCUT2D eigenvalue weighted by Gasteiger charge is -2.31. The van der Waals surface area contributed by atoms with Crippen LogP contribution in [-0.2, 0) is 4.74 Å². The van der Waals surface area contributed by atoms with E-state index in [1.165, 1.54) is 0 Å². The molecule has 3 nitrogen and oxygen atoms in total. The highest BCUT2D eigenvalue weighted by Gasteiger charge is 2.23. The molecule has 1 aromatic rings. The summed E-state index contributed by atoms with van der Waals surface area (Å²) in [5, 5.41) is 0. The van der Waals surface area contributed by atoms with Gasteiger partial charge in [0.2, 0.25) is 0 Å². The Morgan fingerprint density at radius 1 is 1.53 bits per heavy atom. The van der Waals surface area contributed by atoms with Crippen molar-refractivity contribution in [3.05, 3.63) is 32.9 Å². The number of carbonyl (C=O) groups excluding carboxylic acids is 1. The standard InChI is InChI=1S/C13H16INO2/c1-9-4-3-5-11(12(9)14)13(16)15-6-7-17-10(2)8-15/h3-5,10H,6-8H2,1-2H3/t10-/m0/s1. The molecule has 0 saturated carbocycles. The van der Waals surface area contributed by atoms with Crippen molar-refractivity contribution >= 4 is 28.5 Å². The van der Waals surface area contributed by atoms with E-state index in [1.807, 2.05) is 36.9 Å². The van der Waals surface area contributed by atoms with Crippen LogP contribution in [0.4, 0.5) is 0 Å². The SMILES string of the molecule is Cc1cccc(C(=O)N2CCO[C@@H](C)C2)c1I. The Hall–Kier alpha value is -0.620. The monoisotopic (exact) mass is 345 g/mol. The van der Waals surface area contributed by atoms with Gasteiger partial charge in [0.05, 0.1) is 18.3 Å². The van der Waals surface area contributed by atoms with Crippen molar-refractivity contribution in [2.75, 3.05) is 19.7 Å². The minimum absolute atomic E-state index is 0.119. The van der Waals surface area contributed by atoms with Gasteiger partial charge in [-0.2, -0.15) is 0 Å². The van der Waals surface area contributed by atoms with Crippen LogP contribution in [0.1, 0.15) is 22.8 Å². The topological polar surface area (TPSA) is 29.5 Å². The molecule has 0 N–H and O–H groups in total. The van der Waals surface area contributed by atoms with E-state index in [4.69, 9.17) is 4.74 Å². The van der Waals surface area contributed by atoms with Gasteiger partial charge in [-0.3, -0.25) is 4.79 Å². The van der Waals surface area contributed by atoms with Crippen LogP contribution in [0.3, 0.4) is 0 Å². The van der Waals surface area contributed by atoms with Gasteiger partial charge in [0.15, 0.2) is 0 Å². The zero-order chi connectivity index (χ0) is 12.4. The Balaban J connectivity index is 2.22. The molecular formula is C13H16INO2. The minimum atomic E-state index is 0.119. The zero-order valence-electron chi connectivity index (χ0n) is 10.1. The van der Waals surface area contributed by atoms with Gasteiger partial charge in [-0.1, -0.05) is 12.1 Å². The summed E-state index contributed by atoms with van der Waals surface area (Å²) in [5.74, 6) is 0.119. The number of amides is 1. The van der Waals surface area contributed by atoms with E-state index >= 15 is 0 Å². The molecule has 1 amide bonds. The van der Waals surface area contributed by atoms with Crippen molar-refractivity contribution in [3.63, 3.8) is 0 Å². The summed E-state index contributed by atoms with van der Waals surface area (Å²) in [6, 6.07) is 5.87. The van der Waals surface area contributed by atoms with Crippen molar-refractivity contribution in [1.29, 1.82) is 0 Å². The highest BCUT2D eigenvalue weighted by atomic mass is 127. The molecule has 0 bridgehead atoms. The maximum Gasteiger partial charge on any atom is 0.255 e. The van der Waals surface area contributed by atoms with E-state index < -0.39 is 0 Å². The first-order valence-corrected chi connectivity index (χ1v) is 6.83. The normalized spacial score (nSPS) is 20.4. The average Bonchev–Trinajstić information content (AvgIpc) is 2.32. The van der Waals surface area contributed by atoms with Crippen molar-refractivity contribution < 1.29 is 9.53 Å². The van der Waals surface area contributed by atoms with Crippen LogP contribution >= 0.6 is 22.6 Å². The molecule has 1 aliphatic heterocycles. The molecule has 1 fully saturated rings. The number of benzene rings is 1. The lowest BCUT2D eigenvalue weighted by atomic mass is 10.1.